The number of imidazole rings is 1. The minimum atomic E-state index is -0.339. The third-order valence-corrected chi connectivity index (χ3v) is 6.08. The molecule has 1 fully saturated rings. The molecule has 1 aromatic heterocycles. The third kappa shape index (κ3) is 4.11. The van der Waals surface area contributed by atoms with E-state index in [-0.39, 0.29) is 11.2 Å². The van der Waals surface area contributed by atoms with Gasteiger partial charge in [-0.3, -0.25) is 4.79 Å². The predicted molar refractivity (Wildman–Crippen MR) is 108 cm³/mol. The highest BCUT2D eigenvalue weighted by Gasteiger charge is 2.26. The molecule has 3 aromatic rings. The van der Waals surface area contributed by atoms with E-state index in [1.165, 1.54) is 24.6 Å². The van der Waals surface area contributed by atoms with Crippen LogP contribution in [0, 0.1) is 0 Å². The van der Waals surface area contributed by atoms with E-state index in [0.29, 0.717) is 6.04 Å². The summed E-state index contributed by atoms with van der Waals surface area (Å²) in [6.45, 7) is 0. The van der Waals surface area contributed by atoms with Gasteiger partial charge in [0.2, 0.25) is 5.91 Å². The Morgan fingerprint density at radius 3 is 2.74 bits per heavy atom. The zero-order chi connectivity index (χ0) is 18.6. The average Bonchev–Trinajstić information content (AvgIpc) is 3.35. The van der Waals surface area contributed by atoms with E-state index >= 15 is 0 Å². The molecule has 0 bridgehead atoms. The van der Waals surface area contributed by atoms with Gasteiger partial charge in [0.25, 0.3) is 0 Å². The van der Waals surface area contributed by atoms with Crippen molar-refractivity contribution < 1.29 is 9.53 Å². The van der Waals surface area contributed by atoms with Gasteiger partial charge in [-0.25, -0.2) is 4.98 Å². The van der Waals surface area contributed by atoms with Crippen LogP contribution in [-0.4, -0.2) is 29.0 Å². The highest BCUT2D eigenvalue weighted by atomic mass is 32.2. The number of H-pyrrole nitrogens is 1. The zero-order valence-corrected chi connectivity index (χ0v) is 16.1. The monoisotopic (exact) mass is 381 g/mol. The van der Waals surface area contributed by atoms with Crippen LogP contribution in [0.5, 0.6) is 5.75 Å². The lowest BCUT2D eigenvalue weighted by Crippen LogP contribution is -2.35. The van der Waals surface area contributed by atoms with Gasteiger partial charge in [0.05, 0.1) is 18.1 Å². The maximum Gasteiger partial charge on any atom is 0.238 e. The number of benzene rings is 2. The molecule has 0 spiro atoms. The fraction of sp³-hybridized carbons (Fsp3) is 0.333. The molecule has 0 radical (unpaired) electrons. The molecule has 1 unspecified atom stereocenters. The van der Waals surface area contributed by atoms with Gasteiger partial charge in [0.15, 0.2) is 5.16 Å². The maximum atomic E-state index is 13.0. The lowest BCUT2D eigenvalue weighted by Gasteiger charge is -2.19. The summed E-state index contributed by atoms with van der Waals surface area (Å²) < 4.78 is 5.28. The summed E-state index contributed by atoms with van der Waals surface area (Å²) in [6.07, 6.45) is 4.53. The molecule has 0 aliphatic heterocycles. The number of aromatic nitrogens is 2. The normalized spacial score (nSPS) is 15.7. The molecule has 2 N–H and O–H groups in total. The first-order valence-electron chi connectivity index (χ1n) is 9.28. The molecule has 140 valence electrons. The number of amides is 1. The molecule has 27 heavy (non-hydrogen) atoms. The van der Waals surface area contributed by atoms with Gasteiger partial charge in [-0.2, -0.15) is 0 Å². The molecule has 1 aliphatic carbocycles. The van der Waals surface area contributed by atoms with Crippen molar-refractivity contribution in [1.82, 2.24) is 15.3 Å². The number of ether oxygens (including phenoxy) is 1. The van der Waals surface area contributed by atoms with E-state index in [4.69, 9.17) is 4.74 Å². The predicted octanol–water partition coefficient (Wildman–Crippen LogP) is 4.46. The summed E-state index contributed by atoms with van der Waals surface area (Å²) in [5.74, 6) is 0.831. The van der Waals surface area contributed by atoms with Crippen LogP contribution in [0.1, 0.15) is 36.5 Å². The minimum Gasteiger partial charge on any atom is -0.497 e. The first kappa shape index (κ1) is 17.9. The van der Waals surface area contributed by atoms with Gasteiger partial charge in [-0.1, -0.05) is 54.9 Å². The number of hydrogen-bond acceptors (Lipinski definition) is 4. The van der Waals surface area contributed by atoms with Crippen molar-refractivity contribution in [3.05, 3.63) is 54.1 Å². The number of carbonyl (C=O) groups excluding carboxylic acids is 1. The van der Waals surface area contributed by atoms with Gasteiger partial charge < -0.3 is 15.0 Å². The van der Waals surface area contributed by atoms with Gasteiger partial charge in [0, 0.05) is 12.1 Å². The highest BCUT2D eigenvalue weighted by Crippen LogP contribution is 2.35. The van der Waals surface area contributed by atoms with Crippen LogP contribution in [0.4, 0.5) is 0 Å². The Kier molecular flexibility index (Phi) is 5.34. The minimum absolute atomic E-state index is 0.0520. The first-order valence-corrected chi connectivity index (χ1v) is 10.2. The fourth-order valence-electron chi connectivity index (χ4n) is 3.51. The highest BCUT2D eigenvalue weighted by molar-refractivity contribution is 8.00. The van der Waals surface area contributed by atoms with Crippen molar-refractivity contribution >= 4 is 28.7 Å². The third-order valence-electron chi connectivity index (χ3n) is 4.94. The van der Waals surface area contributed by atoms with Crippen LogP contribution >= 0.6 is 11.8 Å². The van der Waals surface area contributed by atoms with Gasteiger partial charge >= 0.3 is 0 Å². The molecule has 4 rings (SSSR count). The molecule has 1 atom stereocenters. The molecule has 1 amide bonds. The van der Waals surface area contributed by atoms with Crippen LogP contribution in [0.3, 0.4) is 0 Å². The number of aromatic amines is 1. The summed E-state index contributed by atoms with van der Waals surface area (Å²) in [4.78, 5) is 21.0. The van der Waals surface area contributed by atoms with E-state index in [9.17, 15) is 4.79 Å². The van der Waals surface area contributed by atoms with Crippen molar-refractivity contribution in [2.45, 2.75) is 42.1 Å². The number of nitrogens with zero attached hydrogens (tertiary/aromatic N) is 1. The van der Waals surface area contributed by atoms with Crippen molar-refractivity contribution in [2.75, 3.05) is 7.11 Å². The van der Waals surface area contributed by atoms with E-state index in [1.807, 2.05) is 48.5 Å². The van der Waals surface area contributed by atoms with Gasteiger partial charge in [0.1, 0.15) is 11.0 Å². The topological polar surface area (TPSA) is 67.0 Å². The van der Waals surface area contributed by atoms with E-state index in [0.717, 1.165) is 40.3 Å². The smallest absolute Gasteiger partial charge is 0.238 e. The quantitative estimate of drug-likeness (QED) is 0.619. The summed E-state index contributed by atoms with van der Waals surface area (Å²) >= 11 is 1.45. The molecule has 6 heteroatoms. The van der Waals surface area contributed by atoms with E-state index in [1.54, 1.807) is 7.11 Å². The largest absolute Gasteiger partial charge is 0.497 e. The number of hydrogen-bond donors (Lipinski definition) is 2. The molecule has 1 saturated carbocycles. The molecule has 1 heterocycles. The van der Waals surface area contributed by atoms with E-state index in [2.05, 4.69) is 15.3 Å². The molecule has 2 aromatic carbocycles. The number of thioether (sulfide) groups is 1. The Morgan fingerprint density at radius 2 is 2.00 bits per heavy atom. The molecular formula is C21H23N3O2S. The second-order valence-electron chi connectivity index (χ2n) is 6.82. The Hall–Kier alpha value is -2.47. The van der Waals surface area contributed by atoms with Crippen LogP contribution in [0.15, 0.2) is 53.7 Å². The lowest BCUT2D eigenvalue weighted by atomic mass is 10.1. The van der Waals surface area contributed by atoms with Crippen molar-refractivity contribution in [1.29, 1.82) is 0 Å². The molecule has 0 saturated heterocycles. The SMILES string of the molecule is COc1ccc2nc(SC(C(=O)NC3CCCC3)c3ccccc3)[nH]c2c1. The van der Waals surface area contributed by atoms with Crippen molar-refractivity contribution in [2.24, 2.45) is 0 Å². The molecule has 5 nitrogen and oxygen atoms in total. The van der Waals surface area contributed by atoms with Crippen molar-refractivity contribution in [3.8, 4) is 5.75 Å². The Labute approximate surface area is 162 Å². The van der Waals surface area contributed by atoms with Crippen molar-refractivity contribution in [3.63, 3.8) is 0 Å². The van der Waals surface area contributed by atoms with Crippen LogP contribution in [-0.2, 0) is 4.79 Å². The number of nitrogens with one attached hydrogen (secondary N) is 2. The number of fused-ring (bicyclic) bond motifs is 1. The second-order valence-corrected chi connectivity index (χ2v) is 7.92. The number of methoxy groups -OCH3 is 1. The summed E-state index contributed by atoms with van der Waals surface area (Å²) in [6, 6.07) is 15.9. The number of carbonyl (C=O) groups is 1. The Bertz CT molecular complexity index is 920. The summed E-state index contributed by atoms with van der Waals surface area (Å²) in [7, 11) is 1.64. The molecular weight excluding hydrogens is 358 g/mol. The van der Waals surface area contributed by atoms with Crippen LogP contribution in [0.2, 0.25) is 0 Å². The fourth-order valence-corrected chi connectivity index (χ4v) is 4.52. The van der Waals surface area contributed by atoms with E-state index < -0.39 is 0 Å². The molecule has 1 aliphatic rings. The Balaban J connectivity index is 1.59. The van der Waals surface area contributed by atoms with Gasteiger partial charge in [-0.05, 0) is 30.5 Å². The van der Waals surface area contributed by atoms with Crippen LogP contribution < -0.4 is 10.1 Å². The van der Waals surface area contributed by atoms with Crippen LogP contribution in [0.25, 0.3) is 11.0 Å². The second kappa shape index (κ2) is 8.05. The zero-order valence-electron chi connectivity index (χ0n) is 15.3. The maximum absolute atomic E-state index is 13.0. The average molecular weight is 382 g/mol. The standard InChI is InChI=1S/C21H23N3O2S/c1-26-16-11-12-17-18(13-16)24-21(23-17)27-19(14-7-3-2-4-8-14)20(25)22-15-9-5-6-10-15/h2-4,7-8,11-13,15,19H,5-6,9-10H2,1H3,(H,22,25)(H,23,24). The summed E-state index contributed by atoms with van der Waals surface area (Å²) in [5, 5.41) is 3.62. The summed E-state index contributed by atoms with van der Waals surface area (Å²) in [5.41, 5.74) is 2.75. The van der Waals surface area contributed by atoms with Gasteiger partial charge in [-0.15, -0.1) is 0 Å². The Morgan fingerprint density at radius 1 is 1.22 bits per heavy atom. The first-order chi connectivity index (χ1) is 13.2. The lowest BCUT2D eigenvalue weighted by molar-refractivity contribution is -0.121. The number of rotatable bonds is 6.